The van der Waals surface area contributed by atoms with Crippen LogP contribution in [0.3, 0.4) is 0 Å². The van der Waals surface area contributed by atoms with Gasteiger partial charge in [-0.1, -0.05) is 29.8 Å². The third-order valence-corrected chi connectivity index (χ3v) is 4.97. The normalized spacial score (nSPS) is 11.2. The molecule has 0 fully saturated rings. The average molecular weight is 381 g/mol. The number of fused-ring (bicyclic) bond motifs is 2. The number of methoxy groups -OCH3 is 1. The fourth-order valence-corrected chi connectivity index (χ4v) is 3.82. The van der Waals surface area contributed by atoms with E-state index in [1.165, 1.54) is 0 Å². The van der Waals surface area contributed by atoms with Crippen LogP contribution in [0.4, 0.5) is 0 Å². The van der Waals surface area contributed by atoms with E-state index in [9.17, 15) is 9.90 Å². The molecule has 5 nitrogen and oxygen atoms in total. The molecule has 2 heterocycles. The number of carboxylic acid groups (broad SMARTS) is 1. The molecular formula is C21H17ClN2O3. The highest BCUT2D eigenvalue weighted by atomic mass is 35.5. The smallest absolute Gasteiger partial charge is 0.323 e. The first-order valence-electron chi connectivity index (χ1n) is 8.44. The molecule has 0 saturated carbocycles. The van der Waals surface area contributed by atoms with Crippen molar-refractivity contribution in [1.82, 2.24) is 9.55 Å². The summed E-state index contributed by atoms with van der Waals surface area (Å²) in [6.07, 6.45) is 0. The van der Waals surface area contributed by atoms with Gasteiger partial charge in [0.15, 0.2) is 0 Å². The van der Waals surface area contributed by atoms with Crippen molar-refractivity contribution in [1.29, 1.82) is 0 Å². The predicted octanol–water partition coefficient (Wildman–Crippen LogP) is 4.91. The van der Waals surface area contributed by atoms with Crippen molar-refractivity contribution in [3.63, 3.8) is 0 Å². The topological polar surface area (TPSA) is 64.4 Å². The highest BCUT2D eigenvalue weighted by Crippen LogP contribution is 2.40. The minimum Gasteiger partial charge on any atom is -0.497 e. The Hall–Kier alpha value is -3.05. The van der Waals surface area contributed by atoms with E-state index in [1.54, 1.807) is 11.7 Å². The monoisotopic (exact) mass is 380 g/mol. The molecule has 0 aliphatic carbocycles. The van der Waals surface area contributed by atoms with Crippen LogP contribution in [-0.2, 0) is 11.3 Å². The Morgan fingerprint density at radius 3 is 2.70 bits per heavy atom. The van der Waals surface area contributed by atoms with Crippen molar-refractivity contribution in [2.75, 3.05) is 7.11 Å². The van der Waals surface area contributed by atoms with Crippen molar-refractivity contribution in [2.45, 2.75) is 13.5 Å². The molecule has 6 heteroatoms. The second kappa shape index (κ2) is 6.59. The lowest BCUT2D eigenvalue weighted by Crippen LogP contribution is -2.09. The first-order valence-corrected chi connectivity index (χ1v) is 8.81. The Labute approximate surface area is 160 Å². The molecule has 0 aliphatic heterocycles. The summed E-state index contributed by atoms with van der Waals surface area (Å²) in [5, 5.41) is 11.6. The van der Waals surface area contributed by atoms with Crippen LogP contribution in [0.25, 0.3) is 32.9 Å². The maximum absolute atomic E-state index is 11.4. The molecule has 0 aliphatic rings. The van der Waals surface area contributed by atoms with Crippen LogP contribution in [0, 0.1) is 6.92 Å². The van der Waals surface area contributed by atoms with Crippen LogP contribution >= 0.6 is 11.6 Å². The van der Waals surface area contributed by atoms with Crippen molar-refractivity contribution < 1.29 is 14.6 Å². The zero-order valence-electron chi connectivity index (χ0n) is 14.9. The number of ether oxygens (including phenoxy) is 1. The highest BCUT2D eigenvalue weighted by molar-refractivity contribution is 6.30. The number of benzene rings is 2. The molecule has 4 aromatic rings. The number of halogens is 1. The van der Waals surface area contributed by atoms with Gasteiger partial charge in [0, 0.05) is 27.5 Å². The summed E-state index contributed by atoms with van der Waals surface area (Å²) in [4.78, 5) is 15.8. The fourth-order valence-electron chi connectivity index (χ4n) is 3.62. The van der Waals surface area contributed by atoms with Crippen LogP contribution in [0.2, 0.25) is 5.15 Å². The predicted molar refractivity (Wildman–Crippen MR) is 107 cm³/mol. The molecule has 4 rings (SSSR count). The Kier molecular flexibility index (Phi) is 4.24. The zero-order valence-corrected chi connectivity index (χ0v) is 15.6. The number of pyridine rings is 1. The summed E-state index contributed by atoms with van der Waals surface area (Å²) in [5.41, 5.74) is 4.34. The Morgan fingerprint density at radius 1 is 1.19 bits per heavy atom. The summed E-state index contributed by atoms with van der Waals surface area (Å²) in [5.74, 6) is -0.185. The Bertz CT molecular complexity index is 1200. The molecule has 0 unspecified atom stereocenters. The lowest BCUT2D eigenvalue weighted by molar-refractivity contribution is -0.137. The van der Waals surface area contributed by atoms with E-state index >= 15 is 0 Å². The quantitative estimate of drug-likeness (QED) is 0.511. The Balaban J connectivity index is 2.13. The van der Waals surface area contributed by atoms with Gasteiger partial charge in [-0.25, -0.2) is 4.98 Å². The van der Waals surface area contributed by atoms with Gasteiger partial charge < -0.3 is 14.4 Å². The first kappa shape index (κ1) is 17.4. The standard InChI is InChI=1S/C21H17ClN2O3/c1-12-21(15-10-19(22)23-17-6-4-3-5-14(15)17)16-9-13(27-2)7-8-18(16)24(12)11-20(25)26/h3-10H,11H2,1-2H3,(H,25,26). The SMILES string of the molecule is COc1ccc2c(c1)c(-c1cc(Cl)nc3ccccc13)c(C)n2CC(=O)O. The third kappa shape index (κ3) is 2.90. The van der Waals surface area contributed by atoms with Crippen LogP contribution in [0.15, 0.2) is 48.5 Å². The van der Waals surface area contributed by atoms with E-state index in [-0.39, 0.29) is 6.54 Å². The lowest BCUT2D eigenvalue weighted by Gasteiger charge is -2.09. The van der Waals surface area contributed by atoms with Gasteiger partial charge in [-0.05, 0) is 42.8 Å². The van der Waals surface area contributed by atoms with Gasteiger partial charge in [-0.2, -0.15) is 0 Å². The summed E-state index contributed by atoms with van der Waals surface area (Å²) >= 11 is 6.29. The second-order valence-corrected chi connectivity index (χ2v) is 6.72. The first-order chi connectivity index (χ1) is 13.0. The summed E-state index contributed by atoms with van der Waals surface area (Å²) in [7, 11) is 1.61. The molecule has 27 heavy (non-hydrogen) atoms. The maximum atomic E-state index is 11.4. The maximum Gasteiger partial charge on any atom is 0.323 e. The number of carbonyl (C=O) groups is 1. The molecule has 0 bridgehead atoms. The van der Waals surface area contributed by atoms with Gasteiger partial charge >= 0.3 is 5.97 Å². The van der Waals surface area contributed by atoms with E-state index < -0.39 is 5.97 Å². The van der Waals surface area contributed by atoms with E-state index in [2.05, 4.69) is 4.98 Å². The summed E-state index contributed by atoms with van der Waals surface area (Å²) in [6, 6.07) is 15.3. The zero-order chi connectivity index (χ0) is 19.1. The molecule has 2 aromatic heterocycles. The van der Waals surface area contributed by atoms with Crippen LogP contribution in [0.1, 0.15) is 5.69 Å². The van der Waals surface area contributed by atoms with Gasteiger partial charge in [0.2, 0.25) is 0 Å². The van der Waals surface area contributed by atoms with E-state index in [4.69, 9.17) is 16.3 Å². The molecule has 0 radical (unpaired) electrons. The van der Waals surface area contributed by atoms with Crippen molar-refractivity contribution >= 4 is 39.4 Å². The van der Waals surface area contributed by atoms with Crippen molar-refractivity contribution in [2.24, 2.45) is 0 Å². The number of hydrogen-bond donors (Lipinski definition) is 1. The van der Waals surface area contributed by atoms with Gasteiger partial charge in [0.1, 0.15) is 17.4 Å². The summed E-state index contributed by atoms with van der Waals surface area (Å²) in [6.45, 7) is 1.80. The number of aromatic nitrogens is 2. The Morgan fingerprint density at radius 2 is 1.96 bits per heavy atom. The molecule has 136 valence electrons. The van der Waals surface area contributed by atoms with E-state index in [0.717, 1.165) is 38.6 Å². The molecule has 1 N–H and O–H groups in total. The average Bonchev–Trinajstić information content (AvgIpc) is 2.91. The van der Waals surface area contributed by atoms with Gasteiger partial charge in [0.05, 0.1) is 12.6 Å². The van der Waals surface area contributed by atoms with Gasteiger partial charge in [-0.3, -0.25) is 4.79 Å². The molecule has 2 aromatic carbocycles. The van der Waals surface area contributed by atoms with Crippen molar-refractivity contribution in [3.8, 4) is 16.9 Å². The number of rotatable bonds is 4. The largest absolute Gasteiger partial charge is 0.497 e. The number of hydrogen-bond acceptors (Lipinski definition) is 3. The number of carboxylic acids is 1. The molecule has 0 saturated heterocycles. The molecule has 0 spiro atoms. The third-order valence-electron chi connectivity index (χ3n) is 4.78. The van der Waals surface area contributed by atoms with Crippen LogP contribution in [0.5, 0.6) is 5.75 Å². The van der Waals surface area contributed by atoms with Gasteiger partial charge in [0.25, 0.3) is 0 Å². The van der Waals surface area contributed by atoms with Gasteiger partial charge in [-0.15, -0.1) is 0 Å². The lowest BCUT2D eigenvalue weighted by atomic mass is 9.98. The molecule has 0 amide bonds. The minimum absolute atomic E-state index is 0.120. The summed E-state index contributed by atoms with van der Waals surface area (Å²) < 4.78 is 7.19. The van der Waals surface area contributed by atoms with E-state index in [1.807, 2.05) is 55.5 Å². The number of nitrogens with zero attached hydrogens (tertiary/aromatic N) is 2. The van der Waals surface area contributed by atoms with E-state index in [0.29, 0.717) is 10.9 Å². The number of aliphatic carboxylic acids is 1. The second-order valence-electron chi connectivity index (χ2n) is 6.33. The highest BCUT2D eigenvalue weighted by Gasteiger charge is 2.20. The van der Waals surface area contributed by atoms with Crippen LogP contribution < -0.4 is 4.74 Å². The molecular weight excluding hydrogens is 364 g/mol. The van der Waals surface area contributed by atoms with Crippen LogP contribution in [-0.4, -0.2) is 27.7 Å². The fraction of sp³-hybridized carbons (Fsp3) is 0.143. The number of para-hydroxylation sites is 1. The molecule has 0 atom stereocenters. The van der Waals surface area contributed by atoms with Crippen molar-refractivity contribution in [3.05, 3.63) is 59.4 Å². The minimum atomic E-state index is -0.894.